The Morgan fingerprint density at radius 3 is 2.50 bits per heavy atom. The summed E-state index contributed by atoms with van der Waals surface area (Å²) < 4.78 is 0. The minimum Gasteiger partial charge on any atom is -0.296 e. The zero-order valence-corrected chi connectivity index (χ0v) is 8.64. The smallest absolute Gasteiger partial charge is 0.0127 e. The lowest BCUT2D eigenvalue weighted by Crippen LogP contribution is -2.49. The van der Waals surface area contributed by atoms with Gasteiger partial charge in [0.2, 0.25) is 0 Å². The summed E-state index contributed by atoms with van der Waals surface area (Å²) in [6.07, 6.45) is 5.89. The van der Waals surface area contributed by atoms with E-state index in [9.17, 15) is 0 Å². The molecule has 0 aromatic carbocycles. The molecule has 2 bridgehead atoms. The largest absolute Gasteiger partial charge is 0.296 e. The fraction of sp³-hybridized carbons (Fsp3) is 1.00. The molecule has 2 atom stereocenters. The Morgan fingerprint density at radius 2 is 1.83 bits per heavy atom. The van der Waals surface area contributed by atoms with Crippen LogP contribution >= 0.6 is 0 Å². The van der Waals surface area contributed by atoms with E-state index >= 15 is 0 Å². The predicted octanol–water partition coefficient (Wildman–Crippen LogP) is 2.66. The third-order valence-corrected chi connectivity index (χ3v) is 3.59. The fourth-order valence-corrected chi connectivity index (χ4v) is 2.98. The van der Waals surface area contributed by atoms with Crippen molar-refractivity contribution in [1.29, 1.82) is 0 Å². The summed E-state index contributed by atoms with van der Waals surface area (Å²) >= 11 is 0. The molecule has 1 heterocycles. The second kappa shape index (κ2) is 2.73. The molecule has 2 rings (SSSR count). The van der Waals surface area contributed by atoms with Crippen LogP contribution in [-0.4, -0.2) is 23.0 Å². The lowest BCUT2D eigenvalue weighted by molar-refractivity contribution is 0.0585. The maximum absolute atomic E-state index is 2.72. The normalized spacial score (nSPS) is 37.2. The summed E-state index contributed by atoms with van der Waals surface area (Å²) in [7, 11) is 0. The highest BCUT2D eigenvalue weighted by Gasteiger charge is 2.38. The van der Waals surface area contributed by atoms with Gasteiger partial charge >= 0.3 is 0 Å². The maximum Gasteiger partial charge on any atom is 0.0127 e. The third kappa shape index (κ3) is 1.39. The van der Waals surface area contributed by atoms with Crippen LogP contribution in [0, 0.1) is 5.92 Å². The topological polar surface area (TPSA) is 3.24 Å². The van der Waals surface area contributed by atoms with Crippen LogP contribution in [0.5, 0.6) is 0 Å². The van der Waals surface area contributed by atoms with Crippen molar-refractivity contribution in [2.24, 2.45) is 5.92 Å². The molecule has 1 aliphatic heterocycles. The molecular weight excluding hydrogens is 146 g/mol. The van der Waals surface area contributed by atoms with Crippen molar-refractivity contribution in [2.45, 2.75) is 58.0 Å². The molecular formula is C11H21N. The summed E-state index contributed by atoms with van der Waals surface area (Å²) in [6, 6.07) is 0.920. The quantitative estimate of drug-likeness (QED) is 0.536. The zero-order valence-electron chi connectivity index (χ0n) is 8.64. The van der Waals surface area contributed by atoms with Gasteiger partial charge in [-0.1, -0.05) is 0 Å². The van der Waals surface area contributed by atoms with Crippen molar-refractivity contribution in [3.63, 3.8) is 0 Å². The molecule has 12 heavy (non-hydrogen) atoms. The lowest BCUT2D eigenvalue weighted by Gasteiger charge is -2.43. The number of hydrogen-bond acceptors (Lipinski definition) is 1. The van der Waals surface area contributed by atoms with Gasteiger partial charge in [-0.3, -0.25) is 4.90 Å². The summed E-state index contributed by atoms with van der Waals surface area (Å²) in [4.78, 5) is 2.72. The first kappa shape index (κ1) is 8.55. The number of rotatable bonds is 0. The lowest BCUT2D eigenvalue weighted by atomic mass is 9.94. The number of nitrogens with zero attached hydrogens (tertiary/aromatic N) is 1. The van der Waals surface area contributed by atoms with Crippen LogP contribution < -0.4 is 0 Å². The van der Waals surface area contributed by atoms with E-state index in [0.717, 1.165) is 12.0 Å². The van der Waals surface area contributed by atoms with E-state index in [1.54, 1.807) is 0 Å². The molecule has 0 amide bonds. The molecule has 2 fully saturated rings. The number of fused-ring (bicyclic) bond motifs is 2. The van der Waals surface area contributed by atoms with Gasteiger partial charge in [-0.05, 0) is 58.9 Å². The Balaban J connectivity index is 2.07. The molecule has 1 saturated heterocycles. The molecule has 1 nitrogen and oxygen atoms in total. The van der Waals surface area contributed by atoms with Crippen LogP contribution in [0.25, 0.3) is 0 Å². The Hall–Kier alpha value is -0.0400. The highest BCUT2D eigenvalue weighted by molar-refractivity contribution is 4.93. The first-order valence-corrected chi connectivity index (χ1v) is 5.34. The van der Waals surface area contributed by atoms with Crippen molar-refractivity contribution in [1.82, 2.24) is 4.90 Å². The van der Waals surface area contributed by atoms with Crippen molar-refractivity contribution >= 4 is 0 Å². The minimum atomic E-state index is 0.403. The Kier molecular flexibility index (Phi) is 1.95. The van der Waals surface area contributed by atoms with Gasteiger partial charge in [0.1, 0.15) is 0 Å². The summed E-state index contributed by atoms with van der Waals surface area (Å²) in [5.74, 6) is 1.08. The van der Waals surface area contributed by atoms with Crippen LogP contribution in [0.15, 0.2) is 0 Å². The summed E-state index contributed by atoms with van der Waals surface area (Å²) in [6.45, 7) is 8.40. The first-order valence-electron chi connectivity index (χ1n) is 5.34. The van der Waals surface area contributed by atoms with Crippen LogP contribution in [0.2, 0.25) is 0 Å². The monoisotopic (exact) mass is 167 g/mol. The van der Waals surface area contributed by atoms with E-state index in [4.69, 9.17) is 0 Å². The van der Waals surface area contributed by atoms with Gasteiger partial charge in [0.15, 0.2) is 0 Å². The predicted molar refractivity (Wildman–Crippen MR) is 52.2 cm³/mol. The second-order valence-electron chi connectivity index (χ2n) is 5.49. The zero-order chi connectivity index (χ0) is 8.77. The van der Waals surface area contributed by atoms with Crippen LogP contribution in [0.3, 0.4) is 0 Å². The molecule has 1 heteroatoms. The van der Waals surface area contributed by atoms with Crippen molar-refractivity contribution in [2.75, 3.05) is 6.54 Å². The average molecular weight is 167 g/mol. The average Bonchev–Trinajstić information content (AvgIpc) is 2.30. The molecule has 0 aromatic heterocycles. The van der Waals surface area contributed by atoms with Crippen LogP contribution in [0.1, 0.15) is 46.5 Å². The van der Waals surface area contributed by atoms with Gasteiger partial charge in [-0.25, -0.2) is 0 Å². The van der Waals surface area contributed by atoms with Gasteiger partial charge in [0.05, 0.1) is 0 Å². The van der Waals surface area contributed by atoms with E-state index in [1.165, 1.54) is 32.2 Å². The van der Waals surface area contributed by atoms with Gasteiger partial charge in [-0.2, -0.15) is 0 Å². The standard InChI is InChI=1S/C11H21N/c1-11(2,3)12-7-6-9-4-5-10(12)8-9/h9-10H,4-8H2,1-3H3. The molecule has 1 saturated carbocycles. The SMILES string of the molecule is CC(C)(C)N1CCC2CCC1C2. The molecule has 0 N–H and O–H groups in total. The Morgan fingerprint density at radius 1 is 1.08 bits per heavy atom. The first-order chi connectivity index (χ1) is 5.57. The molecule has 1 aliphatic carbocycles. The van der Waals surface area contributed by atoms with Gasteiger partial charge in [0.25, 0.3) is 0 Å². The highest BCUT2D eigenvalue weighted by Crippen LogP contribution is 2.39. The Labute approximate surface area is 76.1 Å². The second-order valence-corrected chi connectivity index (χ2v) is 5.49. The summed E-state index contributed by atoms with van der Waals surface area (Å²) in [5, 5.41) is 0. The molecule has 2 unspecified atom stereocenters. The van der Waals surface area contributed by atoms with Crippen LogP contribution in [-0.2, 0) is 0 Å². The van der Waals surface area contributed by atoms with Gasteiger partial charge < -0.3 is 0 Å². The minimum absolute atomic E-state index is 0.403. The fourth-order valence-electron chi connectivity index (χ4n) is 2.98. The van der Waals surface area contributed by atoms with Crippen LogP contribution in [0.4, 0.5) is 0 Å². The van der Waals surface area contributed by atoms with E-state index < -0.39 is 0 Å². The van der Waals surface area contributed by atoms with Crippen molar-refractivity contribution in [3.05, 3.63) is 0 Å². The van der Waals surface area contributed by atoms with Gasteiger partial charge in [0, 0.05) is 11.6 Å². The van der Waals surface area contributed by atoms with E-state index in [0.29, 0.717) is 5.54 Å². The van der Waals surface area contributed by atoms with Gasteiger partial charge in [-0.15, -0.1) is 0 Å². The number of likely N-dealkylation sites (tertiary alicyclic amines) is 1. The molecule has 0 radical (unpaired) electrons. The van der Waals surface area contributed by atoms with Crippen molar-refractivity contribution < 1.29 is 0 Å². The molecule has 2 aliphatic rings. The molecule has 0 aromatic rings. The van der Waals surface area contributed by atoms with E-state index in [-0.39, 0.29) is 0 Å². The molecule has 0 spiro atoms. The van der Waals surface area contributed by atoms with E-state index in [2.05, 4.69) is 25.7 Å². The van der Waals surface area contributed by atoms with E-state index in [1.807, 2.05) is 0 Å². The molecule has 70 valence electrons. The maximum atomic E-state index is 2.72. The Bertz CT molecular complexity index is 168. The highest BCUT2D eigenvalue weighted by atomic mass is 15.2. The number of hydrogen-bond donors (Lipinski definition) is 0. The van der Waals surface area contributed by atoms with Crippen molar-refractivity contribution in [3.8, 4) is 0 Å². The number of piperidine rings is 1. The third-order valence-electron chi connectivity index (χ3n) is 3.59. The summed E-state index contributed by atoms with van der Waals surface area (Å²) in [5.41, 5.74) is 0.403.